The number of aliphatic hydroxyl groups is 1. The van der Waals surface area contributed by atoms with Crippen LogP contribution in [-0.4, -0.2) is 16.6 Å². The van der Waals surface area contributed by atoms with Crippen LogP contribution in [0.4, 0.5) is 5.69 Å². The van der Waals surface area contributed by atoms with Crippen LogP contribution in [0.25, 0.3) is 0 Å². The summed E-state index contributed by atoms with van der Waals surface area (Å²) in [6.07, 6.45) is 0. The Morgan fingerprint density at radius 2 is 2.15 bits per heavy atom. The predicted octanol–water partition coefficient (Wildman–Crippen LogP) is 1.69. The second kappa shape index (κ2) is 4.00. The molecular formula is C9H11NO3. The molecule has 0 amide bonds. The van der Waals surface area contributed by atoms with Gasteiger partial charge in [0.1, 0.15) is 0 Å². The fourth-order valence-corrected chi connectivity index (χ4v) is 1.17. The van der Waals surface area contributed by atoms with E-state index in [0.717, 1.165) is 0 Å². The van der Waals surface area contributed by atoms with Gasteiger partial charge < -0.3 is 5.11 Å². The van der Waals surface area contributed by atoms with Crippen LogP contribution in [0, 0.1) is 10.1 Å². The summed E-state index contributed by atoms with van der Waals surface area (Å²) in [5, 5.41) is 19.4. The highest BCUT2D eigenvalue weighted by molar-refractivity contribution is 5.41. The van der Waals surface area contributed by atoms with Crippen molar-refractivity contribution in [2.45, 2.75) is 12.8 Å². The fraction of sp³-hybridized carbons (Fsp3) is 0.333. The summed E-state index contributed by atoms with van der Waals surface area (Å²) in [5.74, 6) is -0.193. The van der Waals surface area contributed by atoms with E-state index in [-0.39, 0.29) is 18.2 Å². The summed E-state index contributed by atoms with van der Waals surface area (Å²) < 4.78 is 0. The van der Waals surface area contributed by atoms with Crippen LogP contribution in [-0.2, 0) is 0 Å². The number of nitrogens with zero attached hydrogens (tertiary/aromatic N) is 1. The van der Waals surface area contributed by atoms with E-state index in [1.807, 2.05) is 0 Å². The molecule has 0 aliphatic carbocycles. The molecule has 1 atom stereocenters. The van der Waals surface area contributed by atoms with Gasteiger partial charge in [-0.2, -0.15) is 0 Å². The Kier molecular flexibility index (Phi) is 2.97. The van der Waals surface area contributed by atoms with Crippen LogP contribution >= 0.6 is 0 Å². The molecule has 0 heterocycles. The van der Waals surface area contributed by atoms with Crippen LogP contribution in [0.3, 0.4) is 0 Å². The van der Waals surface area contributed by atoms with Crippen LogP contribution in [0.2, 0.25) is 0 Å². The van der Waals surface area contributed by atoms with Gasteiger partial charge >= 0.3 is 0 Å². The summed E-state index contributed by atoms with van der Waals surface area (Å²) in [6.45, 7) is 1.67. The lowest BCUT2D eigenvalue weighted by molar-refractivity contribution is -0.385. The molecule has 0 bridgehead atoms. The minimum atomic E-state index is -0.429. The lowest BCUT2D eigenvalue weighted by Gasteiger charge is -2.07. The first-order valence-corrected chi connectivity index (χ1v) is 4.01. The molecule has 1 aromatic rings. The molecule has 13 heavy (non-hydrogen) atoms. The molecule has 0 saturated carbocycles. The first-order valence-electron chi connectivity index (χ1n) is 4.01. The molecule has 0 saturated heterocycles. The van der Waals surface area contributed by atoms with Crippen molar-refractivity contribution in [3.8, 4) is 0 Å². The number of para-hydroxylation sites is 1. The molecule has 4 heteroatoms. The van der Waals surface area contributed by atoms with E-state index in [2.05, 4.69) is 0 Å². The van der Waals surface area contributed by atoms with Gasteiger partial charge in [-0.25, -0.2) is 0 Å². The Morgan fingerprint density at radius 3 is 2.69 bits per heavy atom. The maximum absolute atomic E-state index is 10.6. The second-order valence-corrected chi connectivity index (χ2v) is 2.90. The second-order valence-electron chi connectivity index (χ2n) is 2.90. The molecule has 1 rings (SSSR count). The van der Waals surface area contributed by atoms with E-state index in [1.54, 1.807) is 25.1 Å². The van der Waals surface area contributed by atoms with Crippen molar-refractivity contribution in [1.82, 2.24) is 0 Å². The lowest BCUT2D eigenvalue weighted by Crippen LogP contribution is -2.02. The molecule has 0 aliphatic heterocycles. The van der Waals surface area contributed by atoms with Gasteiger partial charge in [0.2, 0.25) is 0 Å². The first-order chi connectivity index (χ1) is 6.16. The minimum absolute atomic E-state index is 0.0732. The minimum Gasteiger partial charge on any atom is -0.396 e. The number of rotatable bonds is 3. The summed E-state index contributed by atoms with van der Waals surface area (Å²) in [7, 11) is 0. The Bertz CT molecular complexity index is 311. The number of hydrogen-bond acceptors (Lipinski definition) is 3. The van der Waals surface area contributed by atoms with E-state index in [9.17, 15) is 10.1 Å². The van der Waals surface area contributed by atoms with E-state index in [4.69, 9.17) is 5.11 Å². The normalized spacial score (nSPS) is 12.5. The lowest BCUT2D eigenvalue weighted by atomic mass is 10.0. The number of nitro benzene ring substituents is 1. The Morgan fingerprint density at radius 1 is 1.54 bits per heavy atom. The zero-order chi connectivity index (χ0) is 9.84. The molecule has 1 aromatic carbocycles. The van der Waals surface area contributed by atoms with Gasteiger partial charge in [-0.3, -0.25) is 10.1 Å². The SMILES string of the molecule is C[C@H](CO)c1ccccc1[N+](=O)[O-]. The molecular weight excluding hydrogens is 170 g/mol. The standard InChI is InChI=1S/C9H11NO3/c1-7(6-11)8-4-2-3-5-9(8)10(12)13/h2-5,7,11H,6H2,1H3/t7-/m1/s1. The summed E-state index contributed by atoms with van der Waals surface area (Å²) >= 11 is 0. The van der Waals surface area contributed by atoms with Gasteiger partial charge in [-0.15, -0.1) is 0 Å². The van der Waals surface area contributed by atoms with E-state index in [1.165, 1.54) is 6.07 Å². The van der Waals surface area contributed by atoms with Crippen molar-refractivity contribution in [1.29, 1.82) is 0 Å². The highest BCUT2D eigenvalue weighted by atomic mass is 16.6. The largest absolute Gasteiger partial charge is 0.396 e. The number of benzene rings is 1. The van der Waals surface area contributed by atoms with Crippen molar-refractivity contribution in [2.75, 3.05) is 6.61 Å². The van der Waals surface area contributed by atoms with Gasteiger partial charge in [0.15, 0.2) is 0 Å². The van der Waals surface area contributed by atoms with Crippen molar-refractivity contribution in [3.63, 3.8) is 0 Å². The number of nitro groups is 1. The average Bonchev–Trinajstić information content (AvgIpc) is 2.16. The Hall–Kier alpha value is -1.42. The van der Waals surface area contributed by atoms with Gasteiger partial charge in [-0.1, -0.05) is 25.1 Å². The zero-order valence-electron chi connectivity index (χ0n) is 7.30. The quantitative estimate of drug-likeness (QED) is 0.570. The Labute approximate surface area is 76.0 Å². The molecule has 4 nitrogen and oxygen atoms in total. The molecule has 0 aromatic heterocycles. The van der Waals surface area contributed by atoms with Crippen molar-refractivity contribution >= 4 is 5.69 Å². The number of aliphatic hydroxyl groups excluding tert-OH is 1. The van der Waals surface area contributed by atoms with Crippen molar-refractivity contribution in [3.05, 3.63) is 39.9 Å². The summed E-state index contributed by atoms with van der Waals surface area (Å²) in [5.41, 5.74) is 0.652. The first kappa shape index (κ1) is 9.67. The highest BCUT2D eigenvalue weighted by Gasteiger charge is 2.16. The highest BCUT2D eigenvalue weighted by Crippen LogP contribution is 2.25. The van der Waals surface area contributed by atoms with Gasteiger partial charge in [0, 0.05) is 24.2 Å². The Balaban J connectivity index is 3.11. The maximum Gasteiger partial charge on any atom is 0.272 e. The molecule has 1 N–H and O–H groups in total. The van der Waals surface area contributed by atoms with Crippen molar-refractivity contribution < 1.29 is 10.0 Å². The third kappa shape index (κ3) is 2.03. The topological polar surface area (TPSA) is 63.4 Å². The predicted molar refractivity (Wildman–Crippen MR) is 48.6 cm³/mol. The van der Waals surface area contributed by atoms with Crippen LogP contribution in [0.15, 0.2) is 24.3 Å². The third-order valence-electron chi connectivity index (χ3n) is 1.94. The van der Waals surface area contributed by atoms with Gasteiger partial charge in [0.05, 0.1) is 4.92 Å². The molecule has 0 aliphatic rings. The number of hydrogen-bond donors (Lipinski definition) is 1. The summed E-state index contributed by atoms with van der Waals surface area (Å²) in [4.78, 5) is 10.1. The van der Waals surface area contributed by atoms with Gasteiger partial charge in [0.25, 0.3) is 5.69 Å². The monoisotopic (exact) mass is 181 g/mol. The van der Waals surface area contributed by atoms with Gasteiger partial charge in [-0.05, 0) is 0 Å². The third-order valence-corrected chi connectivity index (χ3v) is 1.94. The molecule has 0 radical (unpaired) electrons. The van der Waals surface area contributed by atoms with Crippen LogP contribution in [0.5, 0.6) is 0 Å². The average molecular weight is 181 g/mol. The molecule has 0 fully saturated rings. The van der Waals surface area contributed by atoms with Crippen LogP contribution < -0.4 is 0 Å². The van der Waals surface area contributed by atoms with Crippen LogP contribution in [0.1, 0.15) is 18.4 Å². The maximum atomic E-state index is 10.6. The molecule has 70 valence electrons. The van der Waals surface area contributed by atoms with E-state index in [0.29, 0.717) is 5.56 Å². The fourth-order valence-electron chi connectivity index (χ4n) is 1.17. The summed E-state index contributed by atoms with van der Waals surface area (Å²) in [6, 6.07) is 6.46. The van der Waals surface area contributed by atoms with E-state index >= 15 is 0 Å². The van der Waals surface area contributed by atoms with E-state index < -0.39 is 4.92 Å². The molecule has 0 unspecified atom stereocenters. The van der Waals surface area contributed by atoms with Crippen molar-refractivity contribution in [2.24, 2.45) is 0 Å². The zero-order valence-corrected chi connectivity index (χ0v) is 7.30. The molecule has 0 spiro atoms. The smallest absolute Gasteiger partial charge is 0.272 e.